The normalized spacial score (nSPS) is 35.9. The SMILES string of the molecule is CO[C@@H](c1c[nH]c2ccccc12)[C@@H]1NC(=O)[C@@]23C(=O)CC[C@H](O)C(=O)/C(C)=C\[C@@H](C)C/C=C\[C@H]2[C@H](O)C(C)=C(C)[C@@H]13. The van der Waals surface area contributed by atoms with E-state index in [4.69, 9.17) is 4.74 Å². The summed E-state index contributed by atoms with van der Waals surface area (Å²) in [6.45, 7) is 7.37. The van der Waals surface area contributed by atoms with Gasteiger partial charge >= 0.3 is 0 Å². The molecule has 3 aliphatic rings. The minimum absolute atomic E-state index is 0.0189. The first-order valence-corrected chi connectivity index (χ1v) is 14.4. The van der Waals surface area contributed by atoms with Crippen molar-refractivity contribution in [3.05, 3.63) is 71.0 Å². The maximum atomic E-state index is 14.4. The number of aliphatic hydroxyl groups excluding tert-OH is 2. The molecule has 0 saturated carbocycles. The molecule has 1 aromatic carbocycles. The van der Waals surface area contributed by atoms with E-state index >= 15 is 0 Å². The third kappa shape index (κ3) is 4.62. The van der Waals surface area contributed by atoms with Crippen molar-refractivity contribution < 1.29 is 29.3 Å². The van der Waals surface area contributed by atoms with Crippen molar-refractivity contribution in [2.75, 3.05) is 7.11 Å². The first-order chi connectivity index (χ1) is 19.5. The molecule has 8 heteroatoms. The van der Waals surface area contributed by atoms with Crippen molar-refractivity contribution in [2.45, 2.75) is 71.3 Å². The van der Waals surface area contributed by atoms with Crippen LogP contribution < -0.4 is 5.32 Å². The van der Waals surface area contributed by atoms with Crippen molar-refractivity contribution in [3.8, 4) is 0 Å². The first-order valence-electron chi connectivity index (χ1n) is 14.4. The quantitative estimate of drug-likeness (QED) is 0.331. The van der Waals surface area contributed by atoms with Gasteiger partial charge in [-0.2, -0.15) is 0 Å². The maximum Gasteiger partial charge on any atom is 0.235 e. The summed E-state index contributed by atoms with van der Waals surface area (Å²) in [4.78, 5) is 44.8. The van der Waals surface area contributed by atoms with E-state index in [9.17, 15) is 24.6 Å². The molecule has 1 amide bonds. The zero-order chi connectivity index (χ0) is 29.6. The van der Waals surface area contributed by atoms with E-state index in [-0.39, 0.29) is 18.8 Å². The highest BCUT2D eigenvalue weighted by atomic mass is 16.5. The molecule has 218 valence electrons. The van der Waals surface area contributed by atoms with Gasteiger partial charge in [-0.1, -0.05) is 48.9 Å². The number of fused-ring (bicyclic) bond motifs is 1. The molecule has 2 heterocycles. The Bertz CT molecular complexity index is 1470. The highest BCUT2D eigenvalue weighted by Gasteiger charge is 2.67. The van der Waals surface area contributed by atoms with Crippen LogP contribution in [0.2, 0.25) is 0 Å². The number of rotatable bonds is 3. The number of benzene rings is 1. The number of methoxy groups -OCH3 is 1. The van der Waals surface area contributed by atoms with Crippen molar-refractivity contribution in [3.63, 3.8) is 0 Å². The second kappa shape index (κ2) is 11.2. The number of nitrogens with one attached hydrogen (secondary N) is 2. The average molecular weight is 561 g/mol. The summed E-state index contributed by atoms with van der Waals surface area (Å²) < 4.78 is 6.08. The monoisotopic (exact) mass is 560 g/mol. The van der Waals surface area contributed by atoms with Crippen molar-refractivity contribution in [1.82, 2.24) is 10.3 Å². The van der Waals surface area contributed by atoms with Gasteiger partial charge in [0.05, 0.1) is 12.1 Å². The molecule has 8 atom stereocenters. The van der Waals surface area contributed by atoms with Crippen LogP contribution in [0, 0.1) is 23.2 Å². The Labute approximate surface area is 240 Å². The van der Waals surface area contributed by atoms with Crippen LogP contribution in [0.1, 0.15) is 58.6 Å². The molecule has 0 radical (unpaired) electrons. The third-order valence-electron chi connectivity index (χ3n) is 9.61. The summed E-state index contributed by atoms with van der Waals surface area (Å²) in [6.07, 6.45) is 4.69. The summed E-state index contributed by atoms with van der Waals surface area (Å²) in [5.41, 5.74) is 2.12. The molecule has 0 bridgehead atoms. The minimum Gasteiger partial charge on any atom is -0.388 e. The van der Waals surface area contributed by atoms with Crippen LogP contribution in [-0.2, 0) is 19.1 Å². The highest BCUT2D eigenvalue weighted by Crippen LogP contribution is 2.57. The molecule has 1 fully saturated rings. The van der Waals surface area contributed by atoms with E-state index in [1.165, 1.54) is 0 Å². The fourth-order valence-corrected chi connectivity index (χ4v) is 7.42. The number of para-hydroxylation sites is 1. The predicted octanol–water partition coefficient (Wildman–Crippen LogP) is 4.11. The lowest BCUT2D eigenvalue weighted by molar-refractivity contribution is -0.148. The maximum absolute atomic E-state index is 14.4. The van der Waals surface area contributed by atoms with Gasteiger partial charge in [0.2, 0.25) is 5.91 Å². The number of carbonyl (C=O) groups excluding carboxylic acids is 3. The molecule has 1 aromatic heterocycles. The number of allylic oxidation sites excluding steroid dienone is 2. The van der Waals surface area contributed by atoms with Crippen LogP contribution in [0.15, 0.2) is 65.4 Å². The van der Waals surface area contributed by atoms with Crippen LogP contribution in [0.3, 0.4) is 0 Å². The van der Waals surface area contributed by atoms with Gasteiger partial charge in [-0.05, 0) is 56.7 Å². The van der Waals surface area contributed by atoms with E-state index in [0.717, 1.165) is 27.6 Å². The van der Waals surface area contributed by atoms with Crippen LogP contribution >= 0.6 is 0 Å². The van der Waals surface area contributed by atoms with Gasteiger partial charge in [0.15, 0.2) is 5.78 Å². The van der Waals surface area contributed by atoms with Crippen molar-refractivity contribution in [1.29, 1.82) is 0 Å². The predicted molar refractivity (Wildman–Crippen MR) is 156 cm³/mol. The van der Waals surface area contributed by atoms with Crippen LogP contribution in [0.5, 0.6) is 0 Å². The lowest BCUT2D eigenvalue weighted by Gasteiger charge is -2.46. The number of aromatic amines is 1. The summed E-state index contributed by atoms with van der Waals surface area (Å²) in [6, 6.07) is 7.24. The van der Waals surface area contributed by atoms with E-state index in [2.05, 4.69) is 10.3 Å². The summed E-state index contributed by atoms with van der Waals surface area (Å²) >= 11 is 0. The van der Waals surface area contributed by atoms with E-state index in [1.54, 1.807) is 14.0 Å². The smallest absolute Gasteiger partial charge is 0.235 e. The van der Waals surface area contributed by atoms with E-state index < -0.39 is 59.1 Å². The molecule has 1 saturated heterocycles. The largest absolute Gasteiger partial charge is 0.388 e. The third-order valence-corrected chi connectivity index (χ3v) is 9.61. The number of carbonyl (C=O) groups is 3. The number of aromatic nitrogens is 1. The molecule has 1 aliphatic heterocycles. The molecular weight excluding hydrogens is 520 g/mol. The molecule has 41 heavy (non-hydrogen) atoms. The Morgan fingerprint density at radius 3 is 2.54 bits per heavy atom. The zero-order valence-corrected chi connectivity index (χ0v) is 24.3. The minimum atomic E-state index is -1.63. The Kier molecular flexibility index (Phi) is 7.94. The summed E-state index contributed by atoms with van der Waals surface area (Å²) in [5.74, 6) is -2.72. The second-order valence-electron chi connectivity index (χ2n) is 12.0. The van der Waals surface area contributed by atoms with Crippen LogP contribution in [0.4, 0.5) is 0 Å². The number of aliphatic hydroxyl groups is 2. The number of Topliss-reactive ketones (excluding diaryl/α,β-unsaturated/α-hetero) is 2. The van der Waals surface area contributed by atoms with Gasteiger partial charge in [-0.15, -0.1) is 0 Å². The van der Waals surface area contributed by atoms with Crippen LogP contribution in [-0.4, -0.2) is 58.0 Å². The Balaban J connectivity index is 1.67. The number of hydrogen-bond acceptors (Lipinski definition) is 6. The molecule has 2 aliphatic carbocycles. The van der Waals surface area contributed by atoms with Gasteiger partial charge in [0, 0.05) is 48.0 Å². The van der Waals surface area contributed by atoms with Gasteiger partial charge in [-0.25, -0.2) is 0 Å². The number of ether oxygens (including phenoxy) is 1. The standard InChI is InChI=1S/C33H40N2O6/c1-17-9-8-11-23-30(39)20(4)19(3)27-28(31(41-5)22-16-34-24-12-7-6-10-21(22)24)35-32(40)33(23,27)26(37)14-13-25(36)29(38)18(2)15-17/h6-8,10-12,15-17,23,25,27-28,30-31,34,36,39H,9,13-14H2,1-5H3,(H,35,40)/b11-8-,18-15-/t17-,23-,25-,27-,28+,30+,31-,33+/m0/s1. The lowest BCUT2D eigenvalue weighted by Crippen LogP contribution is -2.56. The molecule has 1 spiro atoms. The first kappa shape index (κ1) is 29.2. The second-order valence-corrected chi connectivity index (χ2v) is 12.0. The molecule has 8 nitrogen and oxygen atoms in total. The van der Waals surface area contributed by atoms with E-state index in [1.807, 2.05) is 69.5 Å². The Morgan fingerprint density at radius 2 is 1.80 bits per heavy atom. The highest BCUT2D eigenvalue weighted by molar-refractivity contribution is 6.10. The van der Waals surface area contributed by atoms with Gasteiger partial charge < -0.3 is 25.3 Å². The number of ketones is 2. The Hall–Kier alpha value is -3.33. The Morgan fingerprint density at radius 1 is 1.07 bits per heavy atom. The molecule has 4 N–H and O–H groups in total. The molecule has 0 unspecified atom stereocenters. The lowest BCUT2D eigenvalue weighted by atomic mass is 9.54. The number of hydrogen-bond donors (Lipinski definition) is 4. The summed E-state index contributed by atoms with van der Waals surface area (Å²) in [7, 11) is 1.59. The number of amides is 1. The van der Waals surface area contributed by atoms with Crippen LogP contribution in [0.25, 0.3) is 10.9 Å². The fraction of sp³-hybridized carbons (Fsp3) is 0.485. The van der Waals surface area contributed by atoms with Crippen molar-refractivity contribution in [2.24, 2.45) is 23.2 Å². The zero-order valence-electron chi connectivity index (χ0n) is 24.3. The van der Waals surface area contributed by atoms with Gasteiger partial charge in [0.25, 0.3) is 0 Å². The fourth-order valence-electron chi connectivity index (χ4n) is 7.42. The molecule has 5 rings (SSSR count). The topological polar surface area (TPSA) is 129 Å². The molecule has 2 aromatic rings. The van der Waals surface area contributed by atoms with Gasteiger partial charge in [0.1, 0.15) is 23.4 Å². The molecular formula is C33H40N2O6. The number of H-pyrrole nitrogens is 1. The van der Waals surface area contributed by atoms with E-state index in [0.29, 0.717) is 12.0 Å². The average Bonchev–Trinajstić information content (AvgIpc) is 3.51. The van der Waals surface area contributed by atoms with Crippen molar-refractivity contribution >= 4 is 28.4 Å². The van der Waals surface area contributed by atoms with Gasteiger partial charge in [-0.3, -0.25) is 14.4 Å². The summed E-state index contributed by atoms with van der Waals surface area (Å²) in [5, 5.41) is 26.4.